The van der Waals surface area contributed by atoms with E-state index >= 15 is 0 Å². The van der Waals surface area contributed by atoms with Crippen molar-refractivity contribution in [3.8, 4) is 0 Å². The molecule has 0 aromatic heterocycles. The Labute approximate surface area is 127 Å². The third-order valence-electron chi connectivity index (χ3n) is 6.26. The van der Waals surface area contributed by atoms with Gasteiger partial charge in [-0.2, -0.15) is 0 Å². The molecule has 0 spiro atoms. The smallest absolute Gasteiger partial charge is 0.232 e. The molecule has 2 saturated carbocycles. The van der Waals surface area contributed by atoms with Crippen LogP contribution < -0.4 is 0 Å². The van der Waals surface area contributed by atoms with Gasteiger partial charge in [-0.3, -0.25) is 0 Å². The molecule has 0 aromatic carbocycles. The molecule has 0 radical (unpaired) electrons. The van der Waals surface area contributed by atoms with Crippen molar-refractivity contribution in [2.75, 3.05) is 12.4 Å². The van der Waals surface area contributed by atoms with Gasteiger partial charge in [-0.05, 0) is 41.9 Å². The number of hydrogen-bond donors (Lipinski definition) is 0. The summed E-state index contributed by atoms with van der Waals surface area (Å²) in [6.07, 6.45) is 4.69. The number of ether oxygens (including phenoxy) is 1. The Kier molecular flexibility index (Phi) is 4.50. The number of halogens is 1. The Bertz CT molecular complexity index is 460. The molecule has 3 nitrogen and oxygen atoms in total. The van der Waals surface area contributed by atoms with Crippen LogP contribution in [-0.2, 0) is 13.8 Å². The Balaban J connectivity index is 1.95. The van der Waals surface area contributed by atoms with E-state index in [9.17, 15) is 8.42 Å². The molecule has 2 aliphatic carbocycles. The fourth-order valence-electron chi connectivity index (χ4n) is 4.20. The highest BCUT2D eigenvalue weighted by atomic mass is 35.7. The van der Waals surface area contributed by atoms with E-state index < -0.39 is 9.05 Å². The average Bonchev–Trinajstić information content (AvgIpc) is 2.65. The van der Waals surface area contributed by atoms with Crippen molar-refractivity contribution in [2.24, 2.45) is 22.7 Å². The highest BCUT2D eigenvalue weighted by Crippen LogP contribution is 2.66. The fraction of sp³-hybridized carbons (Fsp3) is 1.00. The van der Waals surface area contributed by atoms with Gasteiger partial charge in [0.05, 0.1) is 18.5 Å². The van der Waals surface area contributed by atoms with Crippen molar-refractivity contribution in [2.45, 2.75) is 59.5 Å². The zero-order valence-corrected chi connectivity index (χ0v) is 14.6. The van der Waals surface area contributed by atoms with Gasteiger partial charge in [0.25, 0.3) is 0 Å². The molecule has 0 heterocycles. The van der Waals surface area contributed by atoms with Gasteiger partial charge in [-0.25, -0.2) is 8.42 Å². The largest absolute Gasteiger partial charge is 0.377 e. The Morgan fingerprint density at radius 3 is 2.40 bits per heavy atom. The number of hydrogen-bond acceptors (Lipinski definition) is 3. The van der Waals surface area contributed by atoms with Crippen LogP contribution in [0.15, 0.2) is 0 Å². The molecule has 0 aliphatic heterocycles. The van der Waals surface area contributed by atoms with Crippen LogP contribution in [0, 0.1) is 22.7 Å². The van der Waals surface area contributed by atoms with E-state index in [1.165, 1.54) is 12.8 Å². The predicted molar refractivity (Wildman–Crippen MR) is 82.4 cm³/mol. The summed E-state index contributed by atoms with van der Waals surface area (Å²) >= 11 is 0. The lowest BCUT2D eigenvalue weighted by atomic mass is 9.70. The Hall–Kier alpha value is 0.200. The van der Waals surface area contributed by atoms with Crippen LogP contribution in [0.25, 0.3) is 0 Å². The van der Waals surface area contributed by atoms with E-state index in [2.05, 4.69) is 20.8 Å². The van der Waals surface area contributed by atoms with Crippen LogP contribution in [0.5, 0.6) is 0 Å². The van der Waals surface area contributed by atoms with Gasteiger partial charge in [0.2, 0.25) is 9.05 Å². The second-order valence-electron chi connectivity index (χ2n) is 7.41. The zero-order chi connectivity index (χ0) is 15.2. The first kappa shape index (κ1) is 16.6. The molecule has 0 N–H and O–H groups in total. The Morgan fingerprint density at radius 2 is 2.00 bits per heavy atom. The van der Waals surface area contributed by atoms with Crippen molar-refractivity contribution in [1.29, 1.82) is 0 Å². The van der Waals surface area contributed by atoms with E-state index in [-0.39, 0.29) is 23.2 Å². The van der Waals surface area contributed by atoms with Gasteiger partial charge < -0.3 is 4.74 Å². The van der Waals surface area contributed by atoms with Crippen LogP contribution in [0.2, 0.25) is 0 Å². The van der Waals surface area contributed by atoms with Crippen molar-refractivity contribution in [1.82, 2.24) is 0 Å². The summed E-state index contributed by atoms with van der Waals surface area (Å²) in [5.74, 6) is 0.763. The lowest BCUT2D eigenvalue weighted by molar-refractivity contribution is -0.0568. The van der Waals surface area contributed by atoms with Gasteiger partial charge >= 0.3 is 0 Å². The maximum absolute atomic E-state index is 11.2. The molecule has 4 unspecified atom stereocenters. The van der Waals surface area contributed by atoms with Gasteiger partial charge in [-0.15, -0.1) is 0 Å². The van der Waals surface area contributed by atoms with Crippen molar-refractivity contribution in [3.63, 3.8) is 0 Å². The molecular formula is C15H27ClO3S. The summed E-state index contributed by atoms with van der Waals surface area (Å²) < 4.78 is 28.6. The summed E-state index contributed by atoms with van der Waals surface area (Å²) in [6.45, 7) is 9.54. The highest BCUT2D eigenvalue weighted by Gasteiger charge is 2.61. The second-order valence-corrected chi connectivity index (χ2v) is 10.2. The first-order chi connectivity index (χ1) is 9.10. The molecule has 0 saturated heterocycles. The third kappa shape index (κ3) is 2.89. The number of fused-ring (bicyclic) bond motifs is 2. The summed E-state index contributed by atoms with van der Waals surface area (Å²) in [5.41, 5.74) is 0.563. The highest BCUT2D eigenvalue weighted by molar-refractivity contribution is 8.13. The summed E-state index contributed by atoms with van der Waals surface area (Å²) in [6, 6.07) is 0. The number of rotatable bonds is 6. The maximum Gasteiger partial charge on any atom is 0.232 e. The zero-order valence-electron chi connectivity index (χ0n) is 13.0. The van der Waals surface area contributed by atoms with E-state index in [4.69, 9.17) is 15.4 Å². The Morgan fingerprint density at radius 1 is 1.35 bits per heavy atom. The standard InChI is InChI=1S/C15H27ClO3S/c1-5-11(10-20(16,17)18)9-19-13-8-12-6-7-15(13,4)14(12,2)3/h11-13H,5-10H2,1-4H3. The summed E-state index contributed by atoms with van der Waals surface area (Å²) in [7, 11) is 1.92. The molecule has 4 atom stereocenters. The topological polar surface area (TPSA) is 43.4 Å². The summed E-state index contributed by atoms with van der Waals surface area (Å²) in [5, 5.41) is 0. The normalized spacial score (nSPS) is 37.2. The summed E-state index contributed by atoms with van der Waals surface area (Å²) in [4.78, 5) is 0. The minimum atomic E-state index is -3.44. The molecule has 2 rings (SSSR count). The molecule has 2 aliphatic rings. The van der Waals surface area contributed by atoms with Crippen molar-refractivity contribution in [3.05, 3.63) is 0 Å². The van der Waals surface area contributed by atoms with E-state index in [1.54, 1.807) is 0 Å². The second kappa shape index (κ2) is 5.44. The molecule has 0 aromatic rings. The molecule has 118 valence electrons. The van der Waals surface area contributed by atoms with Crippen LogP contribution in [0.1, 0.15) is 53.4 Å². The van der Waals surface area contributed by atoms with Crippen LogP contribution in [-0.4, -0.2) is 26.9 Å². The van der Waals surface area contributed by atoms with Gasteiger partial charge in [-0.1, -0.05) is 34.1 Å². The van der Waals surface area contributed by atoms with Crippen LogP contribution in [0.3, 0.4) is 0 Å². The first-order valence-electron chi connectivity index (χ1n) is 7.64. The molecule has 0 amide bonds. The molecule has 2 fully saturated rings. The van der Waals surface area contributed by atoms with Gasteiger partial charge in [0.15, 0.2) is 0 Å². The fourth-order valence-corrected chi connectivity index (χ4v) is 5.63. The lowest BCUT2D eigenvalue weighted by Gasteiger charge is -2.39. The van der Waals surface area contributed by atoms with Crippen molar-refractivity contribution < 1.29 is 13.2 Å². The van der Waals surface area contributed by atoms with Crippen LogP contribution >= 0.6 is 10.7 Å². The quantitative estimate of drug-likeness (QED) is 0.698. The van der Waals surface area contributed by atoms with E-state index in [0.717, 1.165) is 18.8 Å². The lowest BCUT2D eigenvalue weighted by Crippen LogP contribution is -2.38. The average molecular weight is 323 g/mol. The van der Waals surface area contributed by atoms with Crippen molar-refractivity contribution >= 4 is 19.7 Å². The van der Waals surface area contributed by atoms with Gasteiger partial charge in [0.1, 0.15) is 0 Å². The van der Waals surface area contributed by atoms with E-state index in [1.807, 2.05) is 6.92 Å². The minimum absolute atomic E-state index is 0.00309. The third-order valence-corrected chi connectivity index (χ3v) is 7.51. The van der Waals surface area contributed by atoms with Crippen LogP contribution in [0.4, 0.5) is 0 Å². The van der Waals surface area contributed by atoms with E-state index in [0.29, 0.717) is 12.0 Å². The first-order valence-corrected chi connectivity index (χ1v) is 10.1. The minimum Gasteiger partial charge on any atom is -0.377 e. The monoisotopic (exact) mass is 322 g/mol. The molecule has 2 bridgehead atoms. The van der Waals surface area contributed by atoms with Gasteiger partial charge in [0, 0.05) is 10.7 Å². The molecule has 5 heteroatoms. The molecule has 20 heavy (non-hydrogen) atoms. The predicted octanol–water partition coefficient (Wildman–Crippen LogP) is 3.81. The SMILES string of the molecule is CCC(COC1CC2CCC1(C)C2(C)C)CS(=O)(=O)Cl. The molecular weight excluding hydrogens is 296 g/mol. The maximum atomic E-state index is 11.2.